The van der Waals surface area contributed by atoms with Gasteiger partial charge in [-0.25, -0.2) is 4.98 Å². The molecule has 0 amide bonds. The van der Waals surface area contributed by atoms with Crippen LogP contribution in [0, 0.1) is 13.8 Å². The van der Waals surface area contributed by atoms with E-state index in [-0.39, 0.29) is 0 Å². The first-order chi connectivity index (χ1) is 7.22. The second-order valence-corrected chi connectivity index (χ2v) is 4.43. The number of thiazole rings is 1. The predicted octanol–water partition coefficient (Wildman–Crippen LogP) is 3.24. The highest BCUT2D eigenvalue weighted by Gasteiger charge is 2.09. The molecule has 0 aliphatic carbocycles. The number of rotatable bonds is 2. The Bertz CT molecular complexity index is 502. The summed E-state index contributed by atoms with van der Waals surface area (Å²) in [5, 5.41) is 0.924. The van der Waals surface area contributed by atoms with E-state index < -0.39 is 0 Å². The molecule has 0 radical (unpaired) electrons. The molecule has 1 aromatic heterocycles. The van der Waals surface area contributed by atoms with Crippen molar-refractivity contribution in [3.8, 4) is 10.6 Å². The Labute approximate surface area is 92.6 Å². The quantitative estimate of drug-likeness (QED) is 0.723. The van der Waals surface area contributed by atoms with Gasteiger partial charge in [-0.15, -0.1) is 11.3 Å². The SMILES string of the molecule is Cc1ccccc1-c1nc(C)c(C=O)s1. The number of aldehydes is 1. The zero-order chi connectivity index (χ0) is 10.8. The summed E-state index contributed by atoms with van der Waals surface area (Å²) in [6, 6.07) is 8.06. The normalized spacial score (nSPS) is 10.3. The van der Waals surface area contributed by atoms with Gasteiger partial charge in [0.15, 0.2) is 6.29 Å². The van der Waals surface area contributed by atoms with Crippen LogP contribution in [0.4, 0.5) is 0 Å². The van der Waals surface area contributed by atoms with Crippen LogP contribution in [0.25, 0.3) is 10.6 Å². The van der Waals surface area contributed by atoms with Crippen molar-refractivity contribution in [2.45, 2.75) is 13.8 Å². The van der Waals surface area contributed by atoms with Crippen LogP contribution in [-0.4, -0.2) is 11.3 Å². The van der Waals surface area contributed by atoms with Gasteiger partial charge >= 0.3 is 0 Å². The van der Waals surface area contributed by atoms with Gasteiger partial charge in [-0.05, 0) is 19.4 Å². The minimum atomic E-state index is 0.716. The van der Waals surface area contributed by atoms with Gasteiger partial charge in [-0.2, -0.15) is 0 Å². The summed E-state index contributed by atoms with van der Waals surface area (Å²) in [7, 11) is 0. The van der Waals surface area contributed by atoms with E-state index >= 15 is 0 Å². The van der Waals surface area contributed by atoms with Crippen LogP contribution in [0.15, 0.2) is 24.3 Å². The average molecular weight is 217 g/mol. The molecule has 0 fully saturated rings. The standard InChI is InChI=1S/C12H11NOS/c1-8-5-3-4-6-10(8)12-13-9(2)11(7-14)15-12/h3-7H,1-2H3. The lowest BCUT2D eigenvalue weighted by molar-refractivity contribution is 0.112. The Balaban J connectivity index is 2.55. The summed E-state index contributed by atoms with van der Waals surface area (Å²) in [6.45, 7) is 3.91. The third kappa shape index (κ3) is 1.83. The Hall–Kier alpha value is -1.48. The van der Waals surface area contributed by atoms with Crippen molar-refractivity contribution >= 4 is 17.6 Å². The molecular formula is C12H11NOS. The number of aryl methyl sites for hydroxylation is 2. The van der Waals surface area contributed by atoms with Gasteiger partial charge < -0.3 is 0 Å². The fourth-order valence-electron chi connectivity index (χ4n) is 1.45. The van der Waals surface area contributed by atoms with Crippen LogP contribution in [0.1, 0.15) is 20.9 Å². The highest BCUT2D eigenvalue weighted by Crippen LogP contribution is 2.28. The number of benzene rings is 1. The second kappa shape index (κ2) is 3.95. The Kier molecular flexibility index (Phi) is 2.64. The topological polar surface area (TPSA) is 30.0 Å². The number of carbonyl (C=O) groups excluding carboxylic acids is 1. The van der Waals surface area contributed by atoms with E-state index in [1.165, 1.54) is 16.9 Å². The number of carbonyl (C=O) groups is 1. The molecule has 1 aromatic carbocycles. The lowest BCUT2D eigenvalue weighted by Crippen LogP contribution is -1.81. The molecule has 0 atom stereocenters. The van der Waals surface area contributed by atoms with Crippen molar-refractivity contribution in [2.75, 3.05) is 0 Å². The summed E-state index contributed by atoms with van der Waals surface area (Å²) in [4.78, 5) is 15.8. The van der Waals surface area contributed by atoms with Gasteiger partial charge in [-0.1, -0.05) is 24.3 Å². The van der Waals surface area contributed by atoms with Crippen LogP contribution in [0.2, 0.25) is 0 Å². The summed E-state index contributed by atoms with van der Waals surface area (Å²) in [6.07, 6.45) is 0.870. The predicted molar refractivity (Wildman–Crippen MR) is 62.4 cm³/mol. The van der Waals surface area contributed by atoms with Crippen LogP contribution >= 0.6 is 11.3 Å². The van der Waals surface area contributed by atoms with Crippen molar-refractivity contribution in [3.05, 3.63) is 40.4 Å². The Morgan fingerprint density at radius 2 is 2.00 bits per heavy atom. The first-order valence-electron chi connectivity index (χ1n) is 4.71. The maximum Gasteiger partial charge on any atom is 0.161 e. The van der Waals surface area contributed by atoms with Crippen LogP contribution < -0.4 is 0 Å². The maximum atomic E-state index is 10.7. The number of aromatic nitrogens is 1. The van der Waals surface area contributed by atoms with Gasteiger partial charge in [-0.3, -0.25) is 4.79 Å². The summed E-state index contributed by atoms with van der Waals surface area (Å²) < 4.78 is 0. The Morgan fingerprint density at radius 1 is 1.27 bits per heavy atom. The van der Waals surface area contributed by atoms with E-state index in [9.17, 15) is 4.79 Å². The van der Waals surface area contributed by atoms with Gasteiger partial charge in [0, 0.05) is 5.56 Å². The molecule has 3 heteroatoms. The molecule has 2 aromatic rings. The molecule has 15 heavy (non-hydrogen) atoms. The lowest BCUT2D eigenvalue weighted by Gasteiger charge is -1.99. The second-order valence-electron chi connectivity index (χ2n) is 3.40. The molecule has 0 unspecified atom stereocenters. The molecule has 0 saturated carbocycles. The summed E-state index contributed by atoms with van der Waals surface area (Å²) >= 11 is 1.45. The zero-order valence-corrected chi connectivity index (χ0v) is 9.47. The molecular weight excluding hydrogens is 206 g/mol. The van der Waals surface area contributed by atoms with Crippen molar-refractivity contribution in [1.82, 2.24) is 4.98 Å². The van der Waals surface area contributed by atoms with Crippen molar-refractivity contribution in [3.63, 3.8) is 0 Å². The smallest absolute Gasteiger partial charge is 0.161 e. The minimum Gasteiger partial charge on any atom is -0.297 e. The van der Waals surface area contributed by atoms with E-state index in [0.29, 0.717) is 4.88 Å². The van der Waals surface area contributed by atoms with E-state index in [4.69, 9.17) is 0 Å². The van der Waals surface area contributed by atoms with E-state index in [2.05, 4.69) is 4.98 Å². The summed E-state index contributed by atoms with van der Waals surface area (Å²) in [5.74, 6) is 0. The summed E-state index contributed by atoms with van der Waals surface area (Å²) in [5.41, 5.74) is 3.11. The third-order valence-corrected chi connectivity index (χ3v) is 3.43. The first-order valence-corrected chi connectivity index (χ1v) is 5.52. The van der Waals surface area contributed by atoms with Gasteiger partial charge in [0.05, 0.1) is 10.6 Å². The molecule has 0 aliphatic rings. The highest BCUT2D eigenvalue weighted by molar-refractivity contribution is 7.16. The zero-order valence-electron chi connectivity index (χ0n) is 8.65. The molecule has 2 nitrogen and oxygen atoms in total. The van der Waals surface area contributed by atoms with Gasteiger partial charge in [0.2, 0.25) is 0 Å². The van der Waals surface area contributed by atoms with Crippen LogP contribution in [0.5, 0.6) is 0 Å². The first kappa shape index (κ1) is 10.1. The third-order valence-electron chi connectivity index (χ3n) is 2.31. The van der Waals surface area contributed by atoms with E-state index in [0.717, 1.165) is 22.6 Å². The van der Waals surface area contributed by atoms with Crippen molar-refractivity contribution in [2.24, 2.45) is 0 Å². The molecule has 0 saturated heterocycles. The minimum absolute atomic E-state index is 0.716. The van der Waals surface area contributed by atoms with Gasteiger partial charge in [0.25, 0.3) is 0 Å². The number of nitrogens with zero attached hydrogens (tertiary/aromatic N) is 1. The largest absolute Gasteiger partial charge is 0.297 e. The van der Waals surface area contributed by atoms with Crippen LogP contribution in [-0.2, 0) is 0 Å². The molecule has 0 N–H and O–H groups in total. The molecule has 2 rings (SSSR count). The van der Waals surface area contributed by atoms with Crippen molar-refractivity contribution in [1.29, 1.82) is 0 Å². The molecule has 0 aliphatic heterocycles. The van der Waals surface area contributed by atoms with E-state index in [1.807, 2.05) is 38.1 Å². The molecule has 0 spiro atoms. The fraction of sp³-hybridized carbons (Fsp3) is 0.167. The number of hydrogen-bond acceptors (Lipinski definition) is 3. The Morgan fingerprint density at radius 3 is 2.60 bits per heavy atom. The van der Waals surface area contributed by atoms with Gasteiger partial charge in [0.1, 0.15) is 5.01 Å². The monoisotopic (exact) mass is 217 g/mol. The molecule has 1 heterocycles. The number of hydrogen-bond donors (Lipinski definition) is 0. The van der Waals surface area contributed by atoms with Crippen molar-refractivity contribution < 1.29 is 4.79 Å². The molecule has 0 bridgehead atoms. The fourth-order valence-corrected chi connectivity index (χ4v) is 2.42. The average Bonchev–Trinajstić information content (AvgIpc) is 2.60. The maximum absolute atomic E-state index is 10.7. The highest BCUT2D eigenvalue weighted by atomic mass is 32.1. The molecule has 76 valence electrons. The van der Waals surface area contributed by atoms with E-state index in [1.54, 1.807) is 0 Å². The lowest BCUT2D eigenvalue weighted by atomic mass is 10.1. The van der Waals surface area contributed by atoms with Crippen LogP contribution in [0.3, 0.4) is 0 Å².